The minimum absolute atomic E-state index is 0.0263. The van der Waals surface area contributed by atoms with Crippen molar-refractivity contribution in [3.63, 3.8) is 0 Å². The predicted molar refractivity (Wildman–Crippen MR) is 77.5 cm³/mol. The summed E-state index contributed by atoms with van der Waals surface area (Å²) in [6.45, 7) is 6.13. The molecule has 0 bridgehead atoms. The number of carboxylic acids is 1. The Kier molecular flexibility index (Phi) is 4.34. The molecule has 3 unspecified atom stereocenters. The standard InChI is InChI=1S/C15H23N3O3/c1-5-12-11(7-17(4)16-12)8-18-10(3)14(15(20)21)9(2)6-13(18)19/h7,9-10,14H,5-6,8H2,1-4H3,(H,20,21). The van der Waals surface area contributed by atoms with E-state index in [9.17, 15) is 14.7 Å². The van der Waals surface area contributed by atoms with Crippen molar-refractivity contribution >= 4 is 11.9 Å². The molecule has 2 heterocycles. The summed E-state index contributed by atoms with van der Waals surface area (Å²) in [6.07, 6.45) is 3.00. The molecule has 2 rings (SSSR count). The molecule has 0 aromatic carbocycles. The van der Waals surface area contributed by atoms with Crippen molar-refractivity contribution in [2.24, 2.45) is 18.9 Å². The highest BCUT2D eigenvalue weighted by Gasteiger charge is 2.41. The second-order valence-electron chi connectivity index (χ2n) is 5.94. The largest absolute Gasteiger partial charge is 0.481 e. The van der Waals surface area contributed by atoms with Crippen molar-refractivity contribution in [2.75, 3.05) is 0 Å². The summed E-state index contributed by atoms with van der Waals surface area (Å²) < 4.78 is 1.74. The molecule has 1 amide bonds. The highest BCUT2D eigenvalue weighted by Crippen LogP contribution is 2.31. The Morgan fingerprint density at radius 3 is 2.71 bits per heavy atom. The monoisotopic (exact) mass is 293 g/mol. The summed E-state index contributed by atoms with van der Waals surface area (Å²) in [5.74, 6) is -1.43. The molecule has 3 atom stereocenters. The number of carbonyl (C=O) groups is 2. The smallest absolute Gasteiger partial charge is 0.308 e. The molecule has 1 N–H and O–H groups in total. The third-order valence-electron chi connectivity index (χ3n) is 4.39. The Hall–Kier alpha value is -1.85. The van der Waals surface area contributed by atoms with E-state index in [1.54, 1.807) is 9.58 Å². The van der Waals surface area contributed by atoms with E-state index in [4.69, 9.17) is 0 Å². The molecule has 1 aliphatic rings. The van der Waals surface area contributed by atoms with Crippen molar-refractivity contribution in [3.8, 4) is 0 Å². The second kappa shape index (κ2) is 5.87. The second-order valence-corrected chi connectivity index (χ2v) is 5.94. The summed E-state index contributed by atoms with van der Waals surface area (Å²) >= 11 is 0. The van der Waals surface area contributed by atoms with Crippen LogP contribution in [0.25, 0.3) is 0 Å². The normalized spacial score (nSPS) is 26.2. The lowest BCUT2D eigenvalue weighted by molar-refractivity contribution is -0.155. The summed E-state index contributed by atoms with van der Waals surface area (Å²) in [7, 11) is 1.85. The predicted octanol–water partition coefficient (Wildman–Crippen LogP) is 1.44. The van der Waals surface area contributed by atoms with Gasteiger partial charge in [-0.25, -0.2) is 0 Å². The fraction of sp³-hybridized carbons (Fsp3) is 0.667. The van der Waals surface area contributed by atoms with E-state index in [0.29, 0.717) is 13.0 Å². The third-order valence-corrected chi connectivity index (χ3v) is 4.39. The number of aliphatic carboxylic acids is 1. The Bertz CT molecular complexity index is 552. The van der Waals surface area contributed by atoms with Gasteiger partial charge < -0.3 is 10.0 Å². The Morgan fingerprint density at radius 1 is 1.48 bits per heavy atom. The molecule has 1 aromatic rings. The maximum Gasteiger partial charge on any atom is 0.308 e. The highest BCUT2D eigenvalue weighted by atomic mass is 16.4. The van der Waals surface area contributed by atoms with Gasteiger partial charge in [-0.05, 0) is 19.3 Å². The molecular weight excluding hydrogens is 270 g/mol. The number of likely N-dealkylation sites (tertiary alicyclic amines) is 1. The van der Waals surface area contributed by atoms with Crippen LogP contribution in [-0.2, 0) is 29.6 Å². The van der Waals surface area contributed by atoms with E-state index >= 15 is 0 Å². The van der Waals surface area contributed by atoms with Gasteiger partial charge in [0, 0.05) is 37.8 Å². The fourth-order valence-corrected chi connectivity index (χ4v) is 3.29. The fourth-order valence-electron chi connectivity index (χ4n) is 3.29. The summed E-state index contributed by atoms with van der Waals surface area (Å²) in [5, 5.41) is 13.8. The number of carboxylic acid groups (broad SMARTS) is 1. The van der Waals surface area contributed by atoms with Crippen LogP contribution in [0, 0.1) is 11.8 Å². The number of rotatable bonds is 4. The lowest BCUT2D eigenvalue weighted by atomic mass is 9.81. The average molecular weight is 293 g/mol. The first-order chi connectivity index (χ1) is 9.85. The molecule has 21 heavy (non-hydrogen) atoms. The van der Waals surface area contributed by atoms with Crippen LogP contribution in [0.3, 0.4) is 0 Å². The van der Waals surface area contributed by atoms with E-state index in [-0.39, 0.29) is 17.9 Å². The average Bonchev–Trinajstić information content (AvgIpc) is 2.73. The van der Waals surface area contributed by atoms with Gasteiger partial charge in [0.1, 0.15) is 0 Å². The lowest BCUT2D eigenvalue weighted by Gasteiger charge is -2.40. The molecule has 1 aliphatic heterocycles. The number of hydrogen-bond acceptors (Lipinski definition) is 3. The van der Waals surface area contributed by atoms with Gasteiger partial charge in [-0.3, -0.25) is 14.3 Å². The van der Waals surface area contributed by atoms with Crippen molar-refractivity contribution in [1.29, 1.82) is 0 Å². The van der Waals surface area contributed by atoms with Crippen molar-refractivity contribution in [3.05, 3.63) is 17.5 Å². The molecule has 0 spiro atoms. The zero-order valence-electron chi connectivity index (χ0n) is 13.0. The molecule has 0 saturated carbocycles. The van der Waals surface area contributed by atoms with E-state index in [0.717, 1.165) is 17.7 Å². The van der Waals surface area contributed by atoms with Crippen molar-refractivity contribution in [1.82, 2.24) is 14.7 Å². The number of piperidine rings is 1. The van der Waals surface area contributed by atoms with E-state index in [1.807, 2.05) is 34.0 Å². The third kappa shape index (κ3) is 2.94. The van der Waals surface area contributed by atoms with Gasteiger partial charge in [-0.1, -0.05) is 13.8 Å². The van der Waals surface area contributed by atoms with Crippen LogP contribution in [0.5, 0.6) is 0 Å². The first-order valence-corrected chi connectivity index (χ1v) is 7.38. The maximum absolute atomic E-state index is 12.3. The van der Waals surface area contributed by atoms with E-state index in [1.165, 1.54) is 0 Å². The van der Waals surface area contributed by atoms with Crippen LogP contribution in [-0.4, -0.2) is 37.7 Å². The van der Waals surface area contributed by atoms with Gasteiger partial charge in [0.15, 0.2) is 0 Å². The van der Waals surface area contributed by atoms with Gasteiger partial charge in [0.25, 0.3) is 0 Å². The number of carbonyl (C=O) groups excluding carboxylic acids is 1. The summed E-state index contributed by atoms with van der Waals surface area (Å²) in [5.41, 5.74) is 1.96. The molecule has 0 radical (unpaired) electrons. The van der Waals surface area contributed by atoms with Gasteiger partial charge in [0.2, 0.25) is 5.91 Å². The minimum Gasteiger partial charge on any atom is -0.481 e. The highest BCUT2D eigenvalue weighted by molar-refractivity contribution is 5.81. The first-order valence-electron chi connectivity index (χ1n) is 7.38. The topological polar surface area (TPSA) is 75.4 Å². The SMILES string of the molecule is CCc1nn(C)cc1CN1C(=O)CC(C)C(C(=O)O)C1C. The van der Waals surface area contributed by atoms with Crippen LogP contribution in [0.15, 0.2) is 6.20 Å². The quantitative estimate of drug-likeness (QED) is 0.911. The van der Waals surface area contributed by atoms with Gasteiger partial charge in [-0.15, -0.1) is 0 Å². The Morgan fingerprint density at radius 2 is 2.14 bits per heavy atom. The molecular formula is C15H23N3O3. The Labute approximate surface area is 124 Å². The molecule has 0 aliphatic carbocycles. The van der Waals surface area contributed by atoms with Gasteiger partial charge in [0.05, 0.1) is 11.6 Å². The van der Waals surface area contributed by atoms with Gasteiger partial charge in [-0.2, -0.15) is 5.10 Å². The summed E-state index contributed by atoms with van der Waals surface area (Å²) in [6, 6.07) is -0.302. The minimum atomic E-state index is -0.825. The van der Waals surface area contributed by atoms with Crippen molar-refractivity contribution in [2.45, 2.75) is 46.2 Å². The van der Waals surface area contributed by atoms with Crippen LogP contribution >= 0.6 is 0 Å². The Balaban J connectivity index is 2.25. The molecule has 116 valence electrons. The van der Waals surface area contributed by atoms with Crippen LogP contribution in [0.4, 0.5) is 0 Å². The van der Waals surface area contributed by atoms with Gasteiger partial charge >= 0.3 is 5.97 Å². The van der Waals surface area contributed by atoms with E-state index < -0.39 is 11.9 Å². The maximum atomic E-state index is 12.3. The molecule has 6 nitrogen and oxygen atoms in total. The molecule has 1 aromatic heterocycles. The van der Waals surface area contributed by atoms with Crippen LogP contribution in [0.1, 0.15) is 38.4 Å². The molecule has 6 heteroatoms. The van der Waals surface area contributed by atoms with E-state index in [2.05, 4.69) is 5.10 Å². The number of aromatic nitrogens is 2. The molecule has 1 fully saturated rings. The zero-order chi connectivity index (χ0) is 15.7. The van der Waals surface area contributed by atoms with Crippen molar-refractivity contribution < 1.29 is 14.7 Å². The first kappa shape index (κ1) is 15.5. The number of aryl methyl sites for hydroxylation is 2. The van der Waals surface area contributed by atoms with Crippen LogP contribution in [0.2, 0.25) is 0 Å². The number of amides is 1. The number of hydrogen-bond donors (Lipinski definition) is 1. The summed E-state index contributed by atoms with van der Waals surface area (Å²) in [4.78, 5) is 25.4. The molecule has 1 saturated heterocycles. The lowest BCUT2D eigenvalue weighted by Crippen LogP contribution is -2.52. The number of nitrogens with zero attached hydrogens (tertiary/aromatic N) is 3. The van der Waals surface area contributed by atoms with Crippen LogP contribution < -0.4 is 0 Å². The zero-order valence-corrected chi connectivity index (χ0v) is 13.0.